The van der Waals surface area contributed by atoms with Gasteiger partial charge in [-0.05, 0) is 50.7 Å². The standard InChI is InChI=1S/C29H37F2N7O4/c30-27(31)28-34-22-3-1-2-4-23(22)38(28)24-17-26(36-29(35-24)37-11-15-41-16-12-37)42-21-7-5-20(6-8-21)33-25(39)18-32-19-9-13-40-14-10-19/h1-4,17,19-21,27,32H,5-16,18H2,(H,33,39). The van der Waals surface area contributed by atoms with Crippen LogP contribution in [0.4, 0.5) is 14.7 Å². The van der Waals surface area contributed by atoms with E-state index in [1.165, 1.54) is 4.57 Å². The van der Waals surface area contributed by atoms with Gasteiger partial charge in [0.25, 0.3) is 6.43 Å². The molecule has 6 rings (SSSR count). The van der Waals surface area contributed by atoms with Crippen molar-refractivity contribution >= 4 is 22.9 Å². The number of carbonyl (C=O) groups excluding carboxylic acids is 1. The summed E-state index contributed by atoms with van der Waals surface area (Å²) in [5.74, 6) is 0.637. The van der Waals surface area contributed by atoms with E-state index in [4.69, 9.17) is 19.2 Å². The summed E-state index contributed by atoms with van der Waals surface area (Å²) in [6.45, 7) is 4.00. The molecule has 11 nitrogen and oxygen atoms in total. The Bertz CT molecular complexity index is 1350. The number of alkyl halides is 2. The van der Waals surface area contributed by atoms with Crippen molar-refractivity contribution in [3.05, 3.63) is 36.2 Å². The molecular weight excluding hydrogens is 548 g/mol. The van der Waals surface area contributed by atoms with Crippen molar-refractivity contribution in [2.75, 3.05) is 51.0 Å². The van der Waals surface area contributed by atoms with E-state index in [-0.39, 0.29) is 29.7 Å². The molecule has 0 atom stereocenters. The van der Waals surface area contributed by atoms with Crippen molar-refractivity contribution in [3.63, 3.8) is 0 Å². The molecule has 1 amide bonds. The minimum atomic E-state index is -2.79. The summed E-state index contributed by atoms with van der Waals surface area (Å²) in [5, 5.41) is 6.47. The lowest BCUT2D eigenvalue weighted by Gasteiger charge is -2.30. The van der Waals surface area contributed by atoms with Crippen molar-refractivity contribution in [2.45, 2.75) is 63.1 Å². The number of hydrogen-bond acceptors (Lipinski definition) is 9. The predicted octanol–water partition coefficient (Wildman–Crippen LogP) is 3.16. The number of aromatic nitrogens is 4. The van der Waals surface area contributed by atoms with E-state index in [1.54, 1.807) is 30.3 Å². The summed E-state index contributed by atoms with van der Waals surface area (Å²) in [7, 11) is 0. The lowest BCUT2D eigenvalue weighted by molar-refractivity contribution is -0.121. The van der Waals surface area contributed by atoms with E-state index in [2.05, 4.69) is 20.6 Å². The lowest BCUT2D eigenvalue weighted by Crippen LogP contribution is -2.46. The molecule has 0 spiro atoms. The van der Waals surface area contributed by atoms with Gasteiger partial charge in [0.2, 0.25) is 17.7 Å². The number of nitrogens with one attached hydrogen (secondary N) is 2. The molecule has 2 saturated heterocycles. The summed E-state index contributed by atoms with van der Waals surface area (Å²) in [4.78, 5) is 28.0. The van der Waals surface area contributed by atoms with Crippen LogP contribution in [-0.2, 0) is 14.3 Å². The van der Waals surface area contributed by atoms with Gasteiger partial charge in [-0.25, -0.2) is 13.8 Å². The highest BCUT2D eigenvalue weighted by molar-refractivity contribution is 5.78. The first-order valence-electron chi connectivity index (χ1n) is 14.8. The molecule has 0 radical (unpaired) electrons. The summed E-state index contributed by atoms with van der Waals surface area (Å²) in [5.41, 5.74) is 0.998. The van der Waals surface area contributed by atoms with Gasteiger partial charge >= 0.3 is 0 Å². The van der Waals surface area contributed by atoms with Gasteiger partial charge in [0.15, 0.2) is 5.82 Å². The van der Waals surface area contributed by atoms with Crippen LogP contribution in [0.3, 0.4) is 0 Å². The fourth-order valence-electron chi connectivity index (χ4n) is 5.83. The second-order valence-corrected chi connectivity index (χ2v) is 11.0. The molecule has 226 valence electrons. The van der Waals surface area contributed by atoms with Gasteiger partial charge in [-0.2, -0.15) is 9.97 Å². The Kier molecular flexibility index (Phi) is 9.06. The van der Waals surface area contributed by atoms with Crippen LogP contribution >= 0.6 is 0 Å². The summed E-state index contributed by atoms with van der Waals surface area (Å²) in [6, 6.07) is 9.03. The molecule has 3 aromatic rings. The van der Waals surface area contributed by atoms with Gasteiger partial charge in [0, 0.05) is 44.5 Å². The number of amides is 1. The number of hydrogen-bond donors (Lipinski definition) is 2. The maximum Gasteiger partial charge on any atom is 0.296 e. The highest BCUT2D eigenvalue weighted by Gasteiger charge is 2.27. The normalized spacial score (nSPS) is 22.0. The fraction of sp³-hybridized carbons (Fsp3) is 0.586. The average molecular weight is 586 g/mol. The smallest absolute Gasteiger partial charge is 0.296 e. The number of ether oxygens (including phenoxy) is 3. The van der Waals surface area contributed by atoms with Crippen LogP contribution in [0.2, 0.25) is 0 Å². The molecule has 3 aliphatic rings. The Morgan fingerprint density at radius 2 is 1.69 bits per heavy atom. The molecule has 2 aliphatic heterocycles. The Labute approximate surface area is 242 Å². The van der Waals surface area contributed by atoms with Crippen LogP contribution in [-0.4, -0.2) is 89.7 Å². The van der Waals surface area contributed by atoms with Crippen LogP contribution in [0.5, 0.6) is 5.88 Å². The van der Waals surface area contributed by atoms with Crippen molar-refractivity contribution < 1.29 is 27.8 Å². The van der Waals surface area contributed by atoms with E-state index < -0.39 is 6.43 Å². The second kappa shape index (κ2) is 13.3. The first kappa shape index (κ1) is 28.7. The Morgan fingerprint density at radius 3 is 2.45 bits per heavy atom. The molecule has 4 heterocycles. The molecule has 1 saturated carbocycles. The molecule has 2 aromatic heterocycles. The van der Waals surface area contributed by atoms with E-state index in [1.807, 2.05) is 4.90 Å². The van der Waals surface area contributed by atoms with Gasteiger partial charge in [0.1, 0.15) is 11.9 Å². The average Bonchev–Trinajstić information content (AvgIpc) is 3.42. The van der Waals surface area contributed by atoms with Crippen molar-refractivity contribution in [3.8, 4) is 11.7 Å². The molecule has 1 aromatic carbocycles. The topological polar surface area (TPSA) is 116 Å². The van der Waals surface area contributed by atoms with Crippen molar-refractivity contribution in [1.82, 2.24) is 30.2 Å². The van der Waals surface area contributed by atoms with Crippen LogP contribution < -0.4 is 20.3 Å². The predicted molar refractivity (Wildman–Crippen MR) is 151 cm³/mol. The first-order valence-corrected chi connectivity index (χ1v) is 14.8. The zero-order chi connectivity index (χ0) is 28.9. The minimum Gasteiger partial charge on any atom is -0.474 e. The Balaban J connectivity index is 1.15. The van der Waals surface area contributed by atoms with Gasteiger partial charge in [0.05, 0.1) is 30.8 Å². The highest BCUT2D eigenvalue weighted by atomic mass is 19.3. The fourth-order valence-corrected chi connectivity index (χ4v) is 5.83. The summed E-state index contributed by atoms with van der Waals surface area (Å²) < 4.78 is 46.8. The van der Waals surface area contributed by atoms with E-state index >= 15 is 0 Å². The van der Waals surface area contributed by atoms with Gasteiger partial charge in [-0.3, -0.25) is 9.36 Å². The molecule has 42 heavy (non-hydrogen) atoms. The monoisotopic (exact) mass is 585 g/mol. The number of carbonyl (C=O) groups is 1. The molecule has 0 bridgehead atoms. The SMILES string of the molecule is O=C(CNC1CCOCC1)NC1CCC(Oc2cc(-n3c(C(F)F)nc4ccccc43)nc(N3CCOCC3)n2)CC1. The zero-order valence-electron chi connectivity index (χ0n) is 23.5. The first-order chi connectivity index (χ1) is 20.5. The largest absolute Gasteiger partial charge is 0.474 e. The quantitative estimate of drug-likeness (QED) is 0.391. The van der Waals surface area contributed by atoms with E-state index in [0.717, 1.165) is 51.7 Å². The molecule has 3 fully saturated rings. The number of morpholine rings is 1. The van der Waals surface area contributed by atoms with E-state index in [0.29, 0.717) is 61.8 Å². The van der Waals surface area contributed by atoms with Crippen LogP contribution in [0.25, 0.3) is 16.9 Å². The minimum absolute atomic E-state index is 0.00356. The number of anilines is 1. The third-order valence-electron chi connectivity index (χ3n) is 8.08. The number of nitrogens with zero attached hydrogens (tertiary/aromatic N) is 5. The summed E-state index contributed by atoms with van der Waals surface area (Å²) >= 11 is 0. The van der Waals surface area contributed by atoms with Gasteiger partial charge < -0.3 is 29.7 Å². The van der Waals surface area contributed by atoms with Crippen LogP contribution in [0.1, 0.15) is 50.8 Å². The lowest BCUT2D eigenvalue weighted by atomic mass is 9.93. The number of fused-ring (bicyclic) bond motifs is 1. The van der Waals surface area contributed by atoms with Gasteiger partial charge in [-0.1, -0.05) is 12.1 Å². The molecule has 1 aliphatic carbocycles. The van der Waals surface area contributed by atoms with Crippen LogP contribution in [0.15, 0.2) is 30.3 Å². The van der Waals surface area contributed by atoms with Crippen molar-refractivity contribution in [1.29, 1.82) is 0 Å². The van der Waals surface area contributed by atoms with Crippen LogP contribution in [0, 0.1) is 0 Å². The second-order valence-electron chi connectivity index (χ2n) is 11.0. The number of rotatable bonds is 9. The Morgan fingerprint density at radius 1 is 0.952 bits per heavy atom. The van der Waals surface area contributed by atoms with E-state index in [9.17, 15) is 13.6 Å². The Hall–Kier alpha value is -3.42. The molecule has 2 N–H and O–H groups in total. The number of halogens is 2. The third-order valence-corrected chi connectivity index (χ3v) is 8.08. The maximum atomic E-state index is 14.1. The highest BCUT2D eigenvalue weighted by Crippen LogP contribution is 2.31. The molecule has 13 heteroatoms. The zero-order valence-corrected chi connectivity index (χ0v) is 23.5. The maximum absolute atomic E-state index is 14.1. The number of para-hydroxylation sites is 2. The van der Waals surface area contributed by atoms with Gasteiger partial charge in [-0.15, -0.1) is 0 Å². The molecular formula is C29H37F2N7O4. The number of benzene rings is 1. The summed E-state index contributed by atoms with van der Waals surface area (Å²) in [6.07, 6.45) is 1.98. The van der Waals surface area contributed by atoms with Crippen molar-refractivity contribution in [2.24, 2.45) is 0 Å². The number of imidazole rings is 1. The molecule has 0 unspecified atom stereocenters. The third kappa shape index (κ3) is 6.79.